The Morgan fingerprint density at radius 3 is 2.50 bits per heavy atom. The van der Waals surface area contributed by atoms with Gasteiger partial charge in [-0.2, -0.15) is 0 Å². The molecule has 0 aromatic heterocycles. The number of rotatable bonds is 4. The van der Waals surface area contributed by atoms with E-state index < -0.39 is 5.60 Å². The van der Waals surface area contributed by atoms with Crippen LogP contribution >= 0.6 is 0 Å². The third kappa shape index (κ3) is 3.11. The molecule has 1 fully saturated rings. The van der Waals surface area contributed by atoms with Crippen LogP contribution in [0.1, 0.15) is 45.4 Å². The maximum Gasteiger partial charge on any atom is 0.0691 e. The van der Waals surface area contributed by atoms with Gasteiger partial charge in [0.1, 0.15) is 0 Å². The molecular weight excluding hydrogens is 152 g/mol. The maximum absolute atomic E-state index is 10.0. The van der Waals surface area contributed by atoms with Crippen LogP contribution in [0.25, 0.3) is 0 Å². The van der Waals surface area contributed by atoms with Crippen LogP contribution in [-0.4, -0.2) is 23.9 Å². The van der Waals surface area contributed by atoms with Gasteiger partial charge in [0.25, 0.3) is 0 Å². The zero-order valence-corrected chi connectivity index (χ0v) is 8.01. The van der Waals surface area contributed by atoms with Crippen LogP contribution in [0.5, 0.6) is 0 Å². The normalized spacial score (nSPS) is 22.5. The molecule has 0 aromatic rings. The fourth-order valence-electron chi connectivity index (χ4n) is 1.71. The Balaban J connectivity index is 2.17. The highest BCUT2D eigenvalue weighted by molar-refractivity contribution is 4.80. The van der Waals surface area contributed by atoms with Crippen molar-refractivity contribution in [1.82, 2.24) is 0 Å². The first-order valence-corrected chi connectivity index (χ1v) is 5.07. The van der Waals surface area contributed by atoms with E-state index in [1.807, 2.05) is 0 Å². The molecule has 12 heavy (non-hydrogen) atoms. The summed E-state index contributed by atoms with van der Waals surface area (Å²) >= 11 is 0. The highest BCUT2D eigenvalue weighted by Crippen LogP contribution is 2.26. The van der Waals surface area contributed by atoms with Crippen LogP contribution < -0.4 is 0 Å². The Labute approximate surface area is 74.9 Å². The molecule has 0 aromatic carbocycles. The molecule has 2 heteroatoms. The van der Waals surface area contributed by atoms with Crippen molar-refractivity contribution in [2.45, 2.75) is 51.0 Å². The fourth-order valence-corrected chi connectivity index (χ4v) is 1.71. The predicted octanol–water partition coefficient (Wildman–Crippen LogP) is 2.11. The van der Waals surface area contributed by atoms with Crippen molar-refractivity contribution in [2.24, 2.45) is 0 Å². The van der Waals surface area contributed by atoms with Crippen molar-refractivity contribution in [3.8, 4) is 0 Å². The van der Waals surface area contributed by atoms with Gasteiger partial charge in [-0.15, -0.1) is 0 Å². The second kappa shape index (κ2) is 4.83. The second-order valence-corrected chi connectivity index (χ2v) is 3.79. The molecule has 0 bridgehead atoms. The minimum Gasteiger partial charge on any atom is -0.390 e. The topological polar surface area (TPSA) is 29.5 Å². The SMILES string of the molecule is CCCCCC1(O)CCOCC1. The summed E-state index contributed by atoms with van der Waals surface area (Å²) in [6.45, 7) is 3.67. The van der Waals surface area contributed by atoms with Crippen molar-refractivity contribution in [3.05, 3.63) is 0 Å². The van der Waals surface area contributed by atoms with E-state index in [1.54, 1.807) is 0 Å². The largest absolute Gasteiger partial charge is 0.390 e. The summed E-state index contributed by atoms with van der Waals surface area (Å²) in [7, 11) is 0. The molecule has 1 saturated heterocycles. The van der Waals surface area contributed by atoms with Gasteiger partial charge < -0.3 is 9.84 Å². The summed E-state index contributed by atoms with van der Waals surface area (Å²) in [5.41, 5.74) is -0.395. The zero-order valence-electron chi connectivity index (χ0n) is 8.01. The molecular formula is C10H20O2. The quantitative estimate of drug-likeness (QED) is 0.658. The van der Waals surface area contributed by atoms with Gasteiger partial charge in [0.15, 0.2) is 0 Å². The van der Waals surface area contributed by atoms with Gasteiger partial charge >= 0.3 is 0 Å². The van der Waals surface area contributed by atoms with Crippen molar-refractivity contribution in [2.75, 3.05) is 13.2 Å². The van der Waals surface area contributed by atoms with Gasteiger partial charge in [-0.3, -0.25) is 0 Å². The summed E-state index contributed by atoms with van der Waals surface area (Å²) in [5, 5.41) is 10.0. The van der Waals surface area contributed by atoms with Crippen LogP contribution in [0.3, 0.4) is 0 Å². The summed E-state index contributed by atoms with van der Waals surface area (Å²) in [5.74, 6) is 0. The molecule has 1 aliphatic heterocycles. The maximum atomic E-state index is 10.0. The second-order valence-electron chi connectivity index (χ2n) is 3.79. The van der Waals surface area contributed by atoms with Gasteiger partial charge in [-0.05, 0) is 19.3 Å². The van der Waals surface area contributed by atoms with Crippen molar-refractivity contribution >= 4 is 0 Å². The number of hydrogen-bond donors (Lipinski definition) is 1. The monoisotopic (exact) mass is 172 g/mol. The molecule has 0 amide bonds. The highest BCUT2D eigenvalue weighted by atomic mass is 16.5. The third-order valence-corrected chi connectivity index (χ3v) is 2.67. The lowest BCUT2D eigenvalue weighted by Crippen LogP contribution is -2.35. The van der Waals surface area contributed by atoms with Crippen LogP contribution in [-0.2, 0) is 4.74 Å². The van der Waals surface area contributed by atoms with E-state index in [1.165, 1.54) is 12.8 Å². The number of ether oxygens (including phenoxy) is 1. The van der Waals surface area contributed by atoms with E-state index in [2.05, 4.69) is 6.92 Å². The minimum atomic E-state index is -0.395. The molecule has 1 heterocycles. The van der Waals surface area contributed by atoms with Crippen LogP contribution in [0.2, 0.25) is 0 Å². The lowest BCUT2D eigenvalue weighted by Gasteiger charge is -2.32. The van der Waals surface area contributed by atoms with Crippen molar-refractivity contribution < 1.29 is 9.84 Å². The average Bonchev–Trinajstić information content (AvgIpc) is 2.06. The van der Waals surface area contributed by atoms with Crippen LogP contribution in [0.4, 0.5) is 0 Å². The first-order chi connectivity index (χ1) is 5.77. The summed E-state index contributed by atoms with van der Waals surface area (Å²) in [4.78, 5) is 0. The molecule has 0 aliphatic carbocycles. The van der Waals surface area contributed by atoms with E-state index in [0.29, 0.717) is 0 Å². The lowest BCUT2D eigenvalue weighted by atomic mass is 9.89. The average molecular weight is 172 g/mol. The van der Waals surface area contributed by atoms with Gasteiger partial charge in [0, 0.05) is 13.2 Å². The summed E-state index contributed by atoms with van der Waals surface area (Å²) < 4.78 is 5.21. The third-order valence-electron chi connectivity index (χ3n) is 2.67. The fraction of sp³-hybridized carbons (Fsp3) is 1.00. The van der Waals surface area contributed by atoms with E-state index in [9.17, 15) is 5.11 Å². The van der Waals surface area contributed by atoms with E-state index in [0.717, 1.165) is 38.9 Å². The Bertz CT molecular complexity index is 117. The minimum absolute atomic E-state index is 0.395. The first-order valence-electron chi connectivity index (χ1n) is 5.07. The Kier molecular flexibility index (Phi) is 4.02. The van der Waals surface area contributed by atoms with Crippen molar-refractivity contribution in [3.63, 3.8) is 0 Å². The Morgan fingerprint density at radius 2 is 1.92 bits per heavy atom. The molecule has 0 atom stereocenters. The smallest absolute Gasteiger partial charge is 0.0691 e. The van der Waals surface area contributed by atoms with Gasteiger partial charge in [-0.1, -0.05) is 26.2 Å². The number of unbranched alkanes of at least 4 members (excludes halogenated alkanes) is 2. The Hall–Kier alpha value is -0.0800. The van der Waals surface area contributed by atoms with Crippen molar-refractivity contribution in [1.29, 1.82) is 0 Å². The summed E-state index contributed by atoms with van der Waals surface area (Å²) in [6, 6.07) is 0. The molecule has 0 saturated carbocycles. The van der Waals surface area contributed by atoms with Gasteiger partial charge in [-0.25, -0.2) is 0 Å². The highest BCUT2D eigenvalue weighted by Gasteiger charge is 2.28. The summed E-state index contributed by atoms with van der Waals surface area (Å²) in [6.07, 6.45) is 6.25. The molecule has 2 nitrogen and oxygen atoms in total. The zero-order chi connectivity index (χ0) is 8.86. The lowest BCUT2D eigenvalue weighted by molar-refractivity contribution is -0.0690. The molecule has 0 radical (unpaired) electrons. The predicted molar refractivity (Wildman–Crippen MR) is 49.1 cm³/mol. The van der Waals surface area contributed by atoms with Crippen LogP contribution in [0, 0.1) is 0 Å². The molecule has 1 rings (SSSR count). The molecule has 72 valence electrons. The van der Waals surface area contributed by atoms with E-state index >= 15 is 0 Å². The van der Waals surface area contributed by atoms with Gasteiger partial charge in [0.05, 0.1) is 5.60 Å². The molecule has 0 spiro atoms. The molecule has 1 aliphatic rings. The standard InChI is InChI=1S/C10H20O2/c1-2-3-4-5-10(11)6-8-12-9-7-10/h11H,2-9H2,1H3. The number of hydrogen-bond acceptors (Lipinski definition) is 2. The first kappa shape index (κ1) is 10.0. The number of aliphatic hydroxyl groups is 1. The molecule has 1 N–H and O–H groups in total. The van der Waals surface area contributed by atoms with Crippen LogP contribution in [0.15, 0.2) is 0 Å². The van der Waals surface area contributed by atoms with E-state index in [-0.39, 0.29) is 0 Å². The Morgan fingerprint density at radius 1 is 1.25 bits per heavy atom. The molecule has 0 unspecified atom stereocenters. The van der Waals surface area contributed by atoms with E-state index in [4.69, 9.17) is 4.74 Å². The van der Waals surface area contributed by atoms with Gasteiger partial charge in [0.2, 0.25) is 0 Å².